The first-order valence-corrected chi connectivity index (χ1v) is 9.11. The number of hydrogen-bond donors (Lipinski definition) is 3. The molecule has 0 bridgehead atoms. The first-order chi connectivity index (χ1) is 11.6. The molecule has 1 aliphatic rings. The number of methoxy groups -OCH3 is 1. The fraction of sp³-hybridized carbons (Fsp3) is 0.941. The second-order valence-electron chi connectivity index (χ2n) is 6.56. The highest BCUT2D eigenvalue weighted by Crippen LogP contribution is 2.09. The van der Waals surface area contributed by atoms with Gasteiger partial charge in [-0.1, -0.05) is 0 Å². The molecule has 0 aromatic rings. The lowest BCUT2D eigenvalue weighted by Gasteiger charge is -2.33. The van der Waals surface area contributed by atoms with Crippen LogP contribution in [0.15, 0.2) is 4.99 Å². The molecule has 1 heterocycles. The van der Waals surface area contributed by atoms with E-state index in [-0.39, 0.29) is 0 Å². The molecule has 0 aromatic heterocycles. The van der Waals surface area contributed by atoms with Crippen LogP contribution in [0.2, 0.25) is 0 Å². The number of rotatable bonds is 11. The number of aliphatic imine (C=N–C) groups is 1. The Labute approximate surface area is 146 Å². The number of ether oxygens (including phenoxy) is 2. The highest BCUT2D eigenvalue weighted by Gasteiger charge is 2.25. The fourth-order valence-corrected chi connectivity index (χ4v) is 2.64. The first kappa shape index (κ1) is 21.2. The Balaban J connectivity index is 2.33. The zero-order valence-corrected chi connectivity index (χ0v) is 15.6. The molecule has 0 radical (unpaired) electrons. The SMILES string of the molecule is CCNC(=NCC(C)(O)CN1CCOCC1)NCCCCCOC. The van der Waals surface area contributed by atoms with Crippen LogP contribution >= 0.6 is 0 Å². The van der Waals surface area contributed by atoms with E-state index in [0.29, 0.717) is 13.1 Å². The van der Waals surface area contributed by atoms with Gasteiger partial charge in [-0.15, -0.1) is 0 Å². The van der Waals surface area contributed by atoms with Crippen molar-refractivity contribution in [3.05, 3.63) is 0 Å². The average Bonchev–Trinajstić information content (AvgIpc) is 2.56. The van der Waals surface area contributed by atoms with Gasteiger partial charge < -0.3 is 25.2 Å². The maximum absolute atomic E-state index is 10.6. The maximum Gasteiger partial charge on any atom is 0.191 e. The molecule has 1 aliphatic heterocycles. The predicted molar refractivity (Wildman–Crippen MR) is 97.6 cm³/mol. The van der Waals surface area contributed by atoms with Crippen LogP contribution in [0.5, 0.6) is 0 Å². The molecule has 7 nitrogen and oxygen atoms in total. The largest absolute Gasteiger partial charge is 0.387 e. The Kier molecular flexibility index (Phi) is 11.0. The van der Waals surface area contributed by atoms with Gasteiger partial charge in [-0.25, -0.2) is 0 Å². The number of hydrogen-bond acceptors (Lipinski definition) is 5. The minimum Gasteiger partial charge on any atom is -0.387 e. The van der Waals surface area contributed by atoms with Gasteiger partial charge in [0.05, 0.1) is 25.4 Å². The minimum absolute atomic E-state index is 0.378. The molecule has 142 valence electrons. The summed E-state index contributed by atoms with van der Waals surface area (Å²) in [6, 6.07) is 0. The van der Waals surface area contributed by atoms with E-state index in [0.717, 1.165) is 71.2 Å². The van der Waals surface area contributed by atoms with Crippen molar-refractivity contribution in [1.82, 2.24) is 15.5 Å². The van der Waals surface area contributed by atoms with Crippen molar-refractivity contribution in [1.29, 1.82) is 0 Å². The van der Waals surface area contributed by atoms with E-state index in [4.69, 9.17) is 9.47 Å². The van der Waals surface area contributed by atoms with Gasteiger partial charge in [0.15, 0.2) is 5.96 Å². The first-order valence-electron chi connectivity index (χ1n) is 9.11. The van der Waals surface area contributed by atoms with Crippen LogP contribution in [0.4, 0.5) is 0 Å². The lowest BCUT2D eigenvalue weighted by Crippen LogP contribution is -2.48. The van der Waals surface area contributed by atoms with Crippen molar-refractivity contribution >= 4 is 5.96 Å². The number of β-amino-alcohol motifs (C(OH)–C–C–N with tert-alkyl or cyclic N) is 1. The van der Waals surface area contributed by atoms with Crippen LogP contribution in [-0.4, -0.2) is 87.8 Å². The van der Waals surface area contributed by atoms with E-state index >= 15 is 0 Å². The maximum atomic E-state index is 10.6. The van der Waals surface area contributed by atoms with Gasteiger partial charge in [0.1, 0.15) is 0 Å². The van der Waals surface area contributed by atoms with Crippen molar-refractivity contribution in [2.45, 2.75) is 38.7 Å². The molecule has 0 saturated carbocycles. The van der Waals surface area contributed by atoms with Crippen molar-refractivity contribution in [3.8, 4) is 0 Å². The zero-order valence-electron chi connectivity index (χ0n) is 15.6. The van der Waals surface area contributed by atoms with Crippen LogP contribution in [0.1, 0.15) is 33.1 Å². The van der Waals surface area contributed by atoms with Gasteiger partial charge in [-0.2, -0.15) is 0 Å². The normalized spacial score (nSPS) is 19.1. The van der Waals surface area contributed by atoms with Gasteiger partial charge >= 0.3 is 0 Å². The summed E-state index contributed by atoms with van der Waals surface area (Å²) in [7, 11) is 1.73. The van der Waals surface area contributed by atoms with E-state index in [2.05, 4.69) is 20.5 Å². The summed E-state index contributed by atoms with van der Waals surface area (Å²) >= 11 is 0. The van der Waals surface area contributed by atoms with Crippen LogP contribution < -0.4 is 10.6 Å². The van der Waals surface area contributed by atoms with E-state index in [9.17, 15) is 5.11 Å². The number of nitrogens with zero attached hydrogens (tertiary/aromatic N) is 2. The molecular formula is C17H36N4O3. The number of unbranched alkanes of at least 4 members (excludes halogenated alkanes) is 2. The van der Waals surface area contributed by atoms with Gasteiger partial charge in [0.2, 0.25) is 0 Å². The Morgan fingerprint density at radius 2 is 2.00 bits per heavy atom. The molecule has 1 unspecified atom stereocenters. The topological polar surface area (TPSA) is 78.4 Å². The smallest absolute Gasteiger partial charge is 0.191 e. The van der Waals surface area contributed by atoms with Crippen LogP contribution in [0.25, 0.3) is 0 Å². The molecule has 24 heavy (non-hydrogen) atoms. The van der Waals surface area contributed by atoms with Crippen molar-refractivity contribution in [2.24, 2.45) is 4.99 Å². The van der Waals surface area contributed by atoms with E-state index < -0.39 is 5.60 Å². The Bertz CT molecular complexity index is 345. The van der Waals surface area contributed by atoms with E-state index in [1.165, 1.54) is 0 Å². The third-order valence-corrected chi connectivity index (χ3v) is 3.91. The quantitative estimate of drug-likeness (QED) is 0.287. The minimum atomic E-state index is -0.835. The van der Waals surface area contributed by atoms with Gasteiger partial charge in [-0.3, -0.25) is 9.89 Å². The monoisotopic (exact) mass is 344 g/mol. The van der Waals surface area contributed by atoms with E-state index in [1.54, 1.807) is 7.11 Å². The Morgan fingerprint density at radius 1 is 1.25 bits per heavy atom. The Morgan fingerprint density at radius 3 is 2.67 bits per heavy atom. The van der Waals surface area contributed by atoms with Crippen LogP contribution in [0, 0.1) is 0 Å². The second kappa shape index (κ2) is 12.5. The summed E-state index contributed by atoms with van der Waals surface area (Å²) in [5, 5.41) is 17.2. The molecule has 0 aromatic carbocycles. The van der Waals surface area contributed by atoms with Crippen molar-refractivity contribution < 1.29 is 14.6 Å². The molecule has 1 rings (SSSR count). The Hall–Kier alpha value is -0.890. The fourth-order valence-electron chi connectivity index (χ4n) is 2.64. The second-order valence-corrected chi connectivity index (χ2v) is 6.56. The summed E-state index contributed by atoms with van der Waals surface area (Å²) in [6.45, 7) is 10.6. The summed E-state index contributed by atoms with van der Waals surface area (Å²) in [6.07, 6.45) is 3.30. The number of aliphatic hydroxyl groups is 1. The van der Waals surface area contributed by atoms with Gasteiger partial charge in [-0.05, 0) is 33.1 Å². The lowest BCUT2D eigenvalue weighted by atomic mass is 10.1. The molecule has 0 amide bonds. The lowest BCUT2D eigenvalue weighted by molar-refractivity contribution is -0.0179. The summed E-state index contributed by atoms with van der Waals surface area (Å²) in [4.78, 5) is 6.78. The van der Waals surface area contributed by atoms with Crippen LogP contribution in [0.3, 0.4) is 0 Å². The average molecular weight is 345 g/mol. The zero-order chi connectivity index (χ0) is 17.7. The molecular weight excluding hydrogens is 308 g/mol. The number of nitrogens with one attached hydrogen (secondary N) is 2. The number of morpholine rings is 1. The highest BCUT2D eigenvalue weighted by atomic mass is 16.5. The van der Waals surface area contributed by atoms with Crippen molar-refractivity contribution in [2.75, 3.05) is 66.2 Å². The van der Waals surface area contributed by atoms with E-state index in [1.807, 2.05) is 13.8 Å². The molecule has 3 N–H and O–H groups in total. The highest BCUT2D eigenvalue weighted by molar-refractivity contribution is 5.79. The van der Waals surface area contributed by atoms with Crippen molar-refractivity contribution in [3.63, 3.8) is 0 Å². The van der Waals surface area contributed by atoms with Gasteiger partial charge in [0.25, 0.3) is 0 Å². The molecule has 0 aliphatic carbocycles. The number of guanidine groups is 1. The van der Waals surface area contributed by atoms with Crippen LogP contribution in [-0.2, 0) is 9.47 Å². The molecule has 7 heteroatoms. The third kappa shape index (κ3) is 10.1. The molecule has 1 saturated heterocycles. The molecule has 1 atom stereocenters. The standard InChI is InChI=1S/C17H36N4O3/c1-4-18-16(19-8-6-5-7-11-23-3)20-14-17(2,22)15-21-9-12-24-13-10-21/h22H,4-15H2,1-3H3,(H2,18,19,20). The summed E-state index contributed by atoms with van der Waals surface area (Å²) < 4.78 is 10.4. The molecule has 1 fully saturated rings. The predicted octanol–water partition coefficient (Wildman–Crippen LogP) is 0.441. The summed E-state index contributed by atoms with van der Waals surface area (Å²) in [5.74, 6) is 0.770. The third-order valence-electron chi connectivity index (χ3n) is 3.91. The summed E-state index contributed by atoms with van der Waals surface area (Å²) in [5.41, 5.74) is -0.835. The van der Waals surface area contributed by atoms with Gasteiger partial charge in [0, 0.05) is 46.4 Å². The molecule has 0 spiro atoms.